The number of carbonyl (C=O) groups excluding carboxylic acids is 2. The summed E-state index contributed by atoms with van der Waals surface area (Å²) in [6.07, 6.45) is 5.67. The quantitative estimate of drug-likeness (QED) is 0.531. The van der Waals surface area contributed by atoms with Crippen molar-refractivity contribution in [1.82, 2.24) is 4.90 Å². The molecule has 1 fully saturated rings. The van der Waals surface area contributed by atoms with Gasteiger partial charge in [0.05, 0.1) is 5.69 Å². The van der Waals surface area contributed by atoms with Gasteiger partial charge in [0.25, 0.3) is 0 Å². The largest absolute Gasteiger partial charge is 0.488 e. The highest BCUT2D eigenvalue weighted by molar-refractivity contribution is 5.93. The summed E-state index contributed by atoms with van der Waals surface area (Å²) in [7, 11) is 0. The molecule has 0 N–H and O–H groups in total. The maximum absolute atomic E-state index is 12.3. The average Bonchev–Trinajstić information content (AvgIpc) is 2.68. The molecule has 0 unspecified atom stereocenters. The molecule has 0 bridgehead atoms. The summed E-state index contributed by atoms with van der Waals surface area (Å²) in [5.74, 6) is 0.765. The minimum absolute atomic E-state index is 0.0127. The Morgan fingerprint density at radius 1 is 1.10 bits per heavy atom. The second kappa shape index (κ2) is 11.2. The van der Waals surface area contributed by atoms with Gasteiger partial charge in [-0.1, -0.05) is 38.3 Å². The lowest BCUT2D eigenvalue weighted by molar-refractivity contribution is -0.116. The fourth-order valence-electron chi connectivity index (χ4n) is 3.59. The van der Waals surface area contributed by atoms with Crippen molar-refractivity contribution < 1.29 is 19.1 Å². The number of unbranched alkanes of at least 4 members (excludes halogenated alkanes) is 3. The fraction of sp³-hybridized carbons (Fsp3) is 0.667. The van der Waals surface area contributed by atoms with Gasteiger partial charge in [-0.05, 0) is 39.3 Å². The van der Waals surface area contributed by atoms with E-state index in [-0.39, 0.29) is 18.1 Å². The van der Waals surface area contributed by atoms with Gasteiger partial charge in [0, 0.05) is 39.4 Å². The van der Waals surface area contributed by atoms with Crippen LogP contribution in [0.2, 0.25) is 0 Å². The maximum Gasteiger partial charge on any atom is 0.410 e. The first-order valence-corrected chi connectivity index (χ1v) is 11.2. The van der Waals surface area contributed by atoms with Gasteiger partial charge in [0.15, 0.2) is 0 Å². The smallest absolute Gasteiger partial charge is 0.410 e. The normalized spacial score (nSPS) is 15.0. The summed E-state index contributed by atoms with van der Waals surface area (Å²) >= 11 is 0. The highest BCUT2D eigenvalue weighted by Crippen LogP contribution is 2.31. The molecule has 0 spiro atoms. The molecule has 1 heterocycles. The van der Waals surface area contributed by atoms with Crippen molar-refractivity contribution in [3.05, 3.63) is 24.3 Å². The van der Waals surface area contributed by atoms with E-state index in [0.29, 0.717) is 19.6 Å². The van der Waals surface area contributed by atoms with Gasteiger partial charge in [-0.25, -0.2) is 4.79 Å². The highest BCUT2D eigenvalue weighted by atomic mass is 16.6. The third-order valence-electron chi connectivity index (χ3n) is 5.16. The molecule has 6 heteroatoms. The Morgan fingerprint density at radius 3 is 2.37 bits per heavy atom. The topological polar surface area (TPSA) is 59.1 Å². The van der Waals surface area contributed by atoms with Crippen LogP contribution in [0.25, 0.3) is 0 Å². The molecule has 6 nitrogen and oxygen atoms in total. The molecule has 0 saturated carbocycles. The van der Waals surface area contributed by atoms with Crippen LogP contribution in [0.4, 0.5) is 10.5 Å². The Kier molecular flexibility index (Phi) is 9.00. The molecule has 0 aliphatic carbocycles. The van der Waals surface area contributed by atoms with Crippen LogP contribution in [-0.2, 0) is 9.53 Å². The molecule has 1 aliphatic heterocycles. The molecule has 1 aromatic rings. The van der Waals surface area contributed by atoms with E-state index in [9.17, 15) is 9.59 Å². The summed E-state index contributed by atoms with van der Waals surface area (Å²) < 4.78 is 11.8. The van der Waals surface area contributed by atoms with E-state index in [1.165, 1.54) is 12.8 Å². The second-order valence-corrected chi connectivity index (χ2v) is 8.98. The number of hydrogen-bond donors (Lipinski definition) is 0. The number of para-hydroxylation sites is 2. The fourth-order valence-corrected chi connectivity index (χ4v) is 3.59. The van der Waals surface area contributed by atoms with Gasteiger partial charge in [-0.3, -0.25) is 4.79 Å². The Bertz CT molecular complexity index is 691. The number of benzene rings is 1. The van der Waals surface area contributed by atoms with Gasteiger partial charge in [0.1, 0.15) is 17.5 Å². The average molecular weight is 419 g/mol. The highest BCUT2D eigenvalue weighted by Gasteiger charge is 2.28. The molecule has 0 aromatic heterocycles. The summed E-state index contributed by atoms with van der Waals surface area (Å²) in [5.41, 5.74) is 0.340. The van der Waals surface area contributed by atoms with Crippen molar-refractivity contribution in [2.24, 2.45) is 0 Å². The zero-order valence-corrected chi connectivity index (χ0v) is 19.3. The van der Waals surface area contributed by atoms with Crippen LogP contribution in [-0.4, -0.2) is 48.2 Å². The second-order valence-electron chi connectivity index (χ2n) is 8.98. The molecule has 2 rings (SSSR count). The number of piperidine rings is 1. The van der Waals surface area contributed by atoms with Gasteiger partial charge in [-0.2, -0.15) is 0 Å². The van der Waals surface area contributed by atoms with Gasteiger partial charge >= 0.3 is 6.09 Å². The number of rotatable bonds is 8. The summed E-state index contributed by atoms with van der Waals surface area (Å²) in [6.45, 7) is 11.3. The molecule has 0 radical (unpaired) electrons. The molecular formula is C24H38N2O4. The van der Waals surface area contributed by atoms with Crippen LogP contribution < -0.4 is 9.64 Å². The number of amides is 2. The Labute approximate surface area is 181 Å². The first-order chi connectivity index (χ1) is 14.2. The number of anilines is 1. The predicted octanol–water partition coefficient (Wildman–Crippen LogP) is 5.40. The Morgan fingerprint density at radius 2 is 1.77 bits per heavy atom. The molecule has 1 aliphatic rings. The number of hydrogen-bond acceptors (Lipinski definition) is 4. The molecule has 168 valence electrons. The van der Waals surface area contributed by atoms with Crippen LogP contribution in [0.5, 0.6) is 5.75 Å². The molecule has 0 atom stereocenters. The van der Waals surface area contributed by atoms with E-state index < -0.39 is 5.60 Å². The van der Waals surface area contributed by atoms with E-state index in [4.69, 9.17) is 9.47 Å². The van der Waals surface area contributed by atoms with E-state index in [1.54, 1.807) is 11.8 Å². The van der Waals surface area contributed by atoms with Crippen molar-refractivity contribution >= 4 is 17.7 Å². The number of ether oxygens (including phenoxy) is 2. The molecule has 1 aromatic carbocycles. The van der Waals surface area contributed by atoms with E-state index in [1.807, 2.05) is 49.9 Å². The standard InChI is InChI=1S/C24H38N2O4/c1-6-7-8-11-16-26(19(2)27)21-12-9-10-13-22(21)29-20-14-17-25(18-15-20)23(28)30-24(3,4)5/h9-10,12-13,20H,6-8,11,14-18H2,1-5H3. The first-order valence-electron chi connectivity index (χ1n) is 11.2. The zero-order valence-electron chi connectivity index (χ0n) is 19.3. The van der Waals surface area contributed by atoms with Crippen molar-refractivity contribution in [2.45, 2.75) is 84.8 Å². The minimum atomic E-state index is -0.489. The first kappa shape index (κ1) is 24.0. The predicted molar refractivity (Wildman–Crippen MR) is 120 cm³/mol. The third-order valence-corrected chi connectivity index (χ3v) is 5.16. The summed E-state index contributed by atoms with van der Waals surface area (Å²) in [4.78, 5) is 28.1. The number of carbonyl (C=O) groups is 2. The molecular weight excluding hydrogens is 380 g/mol. The van der Waals surface area contributed by atoms with Crippen LogP contribution in [0.15, 0.2) is 24.3 Å². The van der Waals surface area contributed by atoms with Gasteiger partial charge in [-0.15, -0.1) is 0 Å². The van der Waals surface area contributed by atoms with Crippen molar-refractivity contribution in [3.8, 4) is 5.75 Å². The zero-order chi connectivity index (χ0) is 22.1. The lowest BCUT2D eigenvalue weighted by atomic mass is 10.1. The van der Waals surface area contributed by atoms with Crippen molar-refractivity contribution in [1.29, 1.82) is 0 Å². The summed E-state index contributed by atoms with van der Waals surface area (Å²) in [6, 6.07) is 7.75. The van der Waals surface area contributed by atoms with Gasteiger partial charge < -0.3 is 19.3 Å². The Balaban J connectivity index is 1.98. The monoisotopic (exact) mass is 418 g/mol. The lowest BCUT2D eigenvalue weighted by Crippen LogP contribution is -2.44. The number of nitrogens with zero attached hydrogens (tertiary/aromatic N) is 2. The van der Waals surface area contributed by atoms with Crippen LogP contribution in [0.1, 0.15) is 73.1 Å². The third kappa shape index (κ3) is 7.54. The van der Waals surface area contributed by atoms with E-state index in [2.05, 4.69) is 6.92 Å². The van der Waals surface area contributed by atoms with E-state index in [0.717, 1.165) is 37.1 Å². The van der Waals surface area contributed by atoms with Crippen molar-refractivity contribution in [2.75, 3.05) is 24.5 Å². The maximum atomic E-state index is 12.3. The SMILES string of the molecule is CCCCCCN(C(C)=O)c1ccccc1OC1CCN(C(=O)OC(C)(C)C)CC1. The van der Waals surface area contributed by atoms with Gasteiger partial charge in [0.2, 0.25) is 5.91 Å². The lowest BCUT2D eigenvalue weighted by Gasteiger charge is -2.34. The van der Waals surface area contributed by atoms with Crippen LogP contribution in [0, 0.1) is 0 Å². The summed E-state index contributed by atoms with van der Waals surface area (Å²) in [5, 5.41) is 0. The minimum Gasteiger partial charge on any atom is -0.488 e. The molecule has 30 heavy (non-hydrogen) atoms. The Hall–Kier alpha value is -2.24. The van der Waals surface area contributed by atoms with E-state index >= 15 is 0 Å². The number of likely N-dealkylation sites (tertiary alicyclic amines) is 1. The van der Waals surface area contributed by atoms with Crippen LogP contribution >= 0.6 is 0 Å². The van der Waals surface area contributed by atoms with Crippen molar-refractivity contribution in [3.63, 3.8) is 0 Å². The van der Waals surface area contributed by atoms with Crippen LogP contribution in [0.3, 0.4) is 0 Å². The molecule has 1 saturated heterocycles. The molecule has 2 amide bonds.